The van der Waals surface area contributed by atoms with Crippen LogP contribution in [0.3, 0.4) is 0 Å². The van der Waals surface area contributed by atoms with E-state index < -0.39 is 17.8 Å². The fourth-order valence-corrected chi connectivity index (χ4v) is 4.23. The zero-order valence-corrected chi connectivity index (χ0v) is 20.1. The number of aliphatic hydroxyl groups excluding tert-OH is 1. The topological polar surface area (TPSA) is 112 Å². The molecule has 0 aliphatic carbocycles. The van der Waals surface area contributed by atoms with Crippen molar-refractivity contribution in [3.8, 4) is 28.6 Å². The van der Waals surface area contributed by atoms with Crippen molar-refractivity contribution in [1.29, 1.82) is 0 Å². The summed E-state index contributed by atoms with van der Waals surface area (Å²) in [6.45, 7) is 9.36. The second-order valence-electron chi connectivity index (χ2n) is 9.43. The highest BCUT2D eigenvalue weighted by Gasteiger charge is 2.43. The number of hydrogen-bond acceptors (Lipinski definition) is 6. The second-order valence-corrected chi connectivity index (χ2v) is 9.43. The van der Waals surface area contributed by atoms with Crippen molar-refractivity contribution in [1.82, 2.24) is 0 Å². The van der Waals surface area contributed by atoms with E-state index in [-0.39, 0.29) is 22.1 Å². The Balaban J connectivity index is 1.90. The summed E-state index contributed by atoms with van der Waals surface area (Å²) >= 11 is 0. The number of allylic oxidation sites excluding steroid dienone is 2. The molecule has 7 heteroatoms. The van der Waals surface area contributed by atoms with Crippen LogP contribution in [0.5, 0.6) is 17.2 Å². The minimum Gasteiger partial charge on any atom is -0.593 e. The molecule has 0 fully saturated rings. The number of rotatable bonds is 6. The first-order valence-electron chi connectivity index (χ1n) is 11.3. The van der Waals surface area contributed by atoms with Crippen molar-refractivity contribution in [3.05, 3.63) is 63.3 Å². The third-order valence-corrected chi connectivity index (χ3v) is 5.85. The Labute approximate surface area is 197 Å². The first-order valence-corrected chi connectivity index (χ1v) is 11.3. The molecule has 0 amide bonds. The molecule has 7 nitrogen and oxygen atoms in total. The van der Waals surface area contributed by atoms with E-state index in [4.69, 9.17) is 19.0 Å². The minimum absolute atomic E-state index is 0.172. The molecule has 2 heterocycles. The third kappa shape index (κ3) is 4.41. The fourth-order valence-electron chi connectivity index (χ4n) is 4.23. The lowest BCUT2D eigenvalue weighted by Gasteiger charge is -2.27. The van der Waals surface area contributed by atoms with Crippen LogP contribution >= 0.6 is 0 Å². The molecule has 0 spiro atoms. The van der Waals surface area contributed by atoms with Crippen LogP contribution < -0.4 is 14.9 Å². The molecule has 4 N–H and O–H groups in total. The van der Waals surface area contributed by atoms with E-state index in [0.717, 1.165) is 11.1 Å². The lowest BCUT2D eigenvalue weighted by Crippen LogP contribution is -2.41. The Hall–Kier alpha value is -3.29. The van der Waals surface area contributed by atoms with Crippen LogP contribution in [0.15, 0.2) is 51.2 Å². The zero-order chi connectivity index (χ0) is 24.8. The van der Waals surface area contributed by atoms with Crippen LogP contribution in [0, 0.1) is 0 Å². The third-order valence-electron chi connectivity index (χ3n) is 5.85. The van der Waals surface area contributed by atoms with E-state index in [0.29, 0.717) is 41.4 Å². The highest BCUT2D eigenvalue weighted by molar-refractivity contribution is 5.86. The molecule has 1 aliphatic heterocycles. The van der Waals surface area contributed by atoms with Gasteiger partial charge in [-0.05, 0) is 58.7 Å². The fraction of sp³-hybridized carbons (Fsp3) is 0.370. The molecule has 2 aromatic carbocycles. The lowest BCUT2D eigenvalue weighted by atomic mass is 9.92. The first-order chi connectivity index (χ1) is 16.0. The van der Waals surface area contributed by atoms with Crippen molar-refractivity contribution < 1.29 is 29.2 Å². The molecular weight excluding hydrogens is 436 g/mol. The summed E-state index contributed by atoms with van der Waals surface area (Å²) in [6, 6.07) is 7.99. The van der Waals surface area contributed by atoms with Gasteiger partial charge in [-0.2, -0.15) is 0 Å². The quantitative estimate of drug-likeness (QED) is 0.411. The predicted molar refractivity (Wildman–Crippen MR) is 131 cm³/mol. The van der Waals surface area contributed by atoms with Crippen molar-refractivity contribution >= 4 is 11.0 Å². The van der Waals surface area contributed by atoms with E-state index in [1.165, 1.54) is 18.2 Å². The highest BCUT2D eigenvalue weighted by atomic mass is 16.5. The van der Waals surface area contributed by atoms with E-state index in [9.17, 15) is 15.0 Å². The van der Waals surface area contributed by atoms with Gasteiger partial charge in [0.2, 0.25) is 0 Å². The van der Waals surface area contributed by atoms with Crippen LogP contribution in [-0.4, -0.2) is 33.6 Å². The molecule has 34 heavy (non-hydrogen) atoms. The van der Waals surface area contributed by atoms with Gasteiger partial charge >= 0.3 is 0 Å². The van der Waals surface area contributed by atoms with Gasteiger partial charge in [0.25, 0.3) is 5.75 Å². The largest absolute Gasteiger partial charge is 0.593 e. The summed E-state index contributed by atoms with van der Waals surface area (Å²) in [6.07, 6.45) is 0.722. The maximum Gasteiger partial charge on any atom is 0.261 e. The number of fused-ring (bicyclic) bond motifs is 2. The first kappa shape index (κ1) is 23.9. The maximum absolute atomic E-state index is 13.0. The highest BCUT2D eigenvalue weighted by Crippen LogP contribution is 2.45. The molecule has 4 rings (SSSR count). The van der Waals surface area contributed by atoms with Gasteiger partial charge in [0.05, 0.1) is 24.3 Å². The molecule has 0 radical (unpaired) electrons. The van der Waals surface area contributed by atoms with E-state index >= 15 is 0 Å². The SMILES string of the molecule is CCOc1cc([OH2+])cc2oc(-c3cc(CC=C(C)C)c4c(c3)C(O)C(C(C)(C)O)O4)cc(=O)c12. The van der Waals surface area contributed by atoms with Crippen LogP contribution in [0.1, 0.15) is 51.8 Å². The van der Waals surface area contributed by atoms with Gasteiger partial charge in [-0.15, -0.1) is 0 Å². The standard InChI is InChI=1S/C27H30O7/c1-6-32-21-11-17(28)12-22-23(21)19(29)13-20(33-22)16-9-15(8-7-14(2)3)25-18(10-16)24(30)26(34-25)27(4,5)31/h7,9-13,24,26,28,30-31H,6,8H2,1-5H3/p+1. The Bertz CT molecular complexity index is 1320. The maximum atomic E-state index is 13.0. The van der Waals surface area contributed by atoms with Crippen LogP contribution in [-0.2, 0) is 6.42 Å². The molecule has 0 saturated carbocycles. The number of ether oxygens (including phenoxy) is 2. The average molecular weight is 468 g/mol. The molecule has 1 aromatic heterocycles. The number of benzene rings is 2. The second kappa shape index (κ2) is 8.81. The van der Waals surface area contributed by atoms with Crippen molar-refractivity contribution in [3.63, 3.8) is 0 Å². The number of aliphatic hydroxyl groups is 2. The van der Waals surface area contributed by atoms with Crippen molar-refractivity contribution in [2.45, 2.75) is 58.8 Å². The number of hydrogen-bond donors (Lipinski definition) is 2. The predicted octanol–water partition coefficient (Wildman–Crippen LogP) is 4.37. The smallest absolute Gasteiger partial charge is 0.261 e. The van der Waals surface area contributed by atoms with E-state index in [1.54, 1.807) is 19.9 Å². The zero-order valence-electron chi connectivity index (χ0n) is 20.1. The molecule has 3 aromatic rings. The molecule has 1 aliphatic rings. The van der Waals surface area contributed by atoms with Crippen LogP contribution in [0.2, 0.25) is 0 Å². The summed E-state index contributed by atoms with van der Waals surface area (Å²) in [5.41, 5.74) is 1.79. The summed E-state index contributed by atoms with van der Waals surface area (Å²) in [7, 11) is 0. The van der Waals surface area contributed by atoms with Crippen molar-refractivity contribution in [2.24, 2.45) is 0 Å². The van der Waals surface area contributed by atoms with Gasteiger partial charge in [-0.1, -0.05) is 11.6 Å². The average Bonchev–Trinajstić information content (AvgIpc) is 3.08. The molecular formula is C27H31O7+. The molecule has 0 bridgehead atoms. The van der Waals surface area contributed by atoms with Crippen LogP contribution in [0.4, 0.5) is 0 Å². The lowest BCUT2D eigenvalue weighted by molar-refractivity contribution is -0.0764. The summed E-state index contributed by atoms with van der Waals surface area (Å²) in [4.78, 5) is 13.0. The molecule has 0 saturated heterocycles. The van der Waals surface area contributed by atoms with Gasteiger partial charge < -0.3 is 29.2 Å². The van der Waals surface area contributed by atoms with E-state index in [1.807, 2.05) is 32.9 Å². The molecule has 180 valence electrons. The van der Waals surface area contributed by atoms with E-state index in [2.05, 4.69) is 0 Å². The Kier molecular flexibility index (Phi) is 6.18. The molecule has 2 atom stereocenters. The Morgan fingerprint density at radius 2 is 1.94 bits per heavy atom. The summed E-state index contributed by atoms with van der Waals surface area (Å²) in [5.74, 6) is 1.34. The van der Waals surface area contributed by atoms with Gasteiger partial charge in [0.1, 0.15) is 28.7 Å². The van der Waals surface area contributed by atoms with Gasteiger partial charge in [0, 0.05) is 17.2 Å². The Morgan fingerprint density at radius 1 is 1.21 bits per heavy atom. The minimum atomic E-state index is -1.26. The summed E-state index contributed by atoms with van der Waals surface area (Å²) in [5, 5.41) is 29.8. The van der Waals surface area contributed by atoms with Crippen LogP contribution in [0.25, 0.3) is 22.3 Å². The normalized spacial score (nSPS) is 17.4. The van der Waals surface area contributed by atoms with Gasteiger partial charge in [0.15, 0.2) is 17.1 Å². The van der Waals surface area contributed by atoms with Gasteiger partial charge in [-0.25, -0.2) is 0 Å². The monoisotopic (exact) mass is 467 g/mol. The van der Waals surface area contributed by atoms with Gasteiger partial charge in [-0.3, -0.25) is 4.79 Å². The summed E-state index contributed by atoms with van der Waals surface area (Å²) < 4.78 is 17.7. The van der Waals surface area contributed by atoms with Crippen molar-refractivity contribution in [2.75, 3.05) is 6.61 Å². The molecule has 2 unspecified atom stereocenters. The Morgan fingerprint density at radius 3 is 2.59 bits per heavy atom.